The maximum atomic E-state index is 13.2. The number of amides is 1. The van der Waals surface area contributed by atoms with Gasteiger partial charge < -0.3 is 18.9 Å². The van der Waals surface area contributed by atoms with Crippen molar-refractivity contribution in [2.75, 3.05) is 20.8 Å². The van der Waals surface area contributed by atoms with Crippen molar-refractivity contribution in [3.05, 3.63) is 53.4 Å². The van der Waals surface area contributed by atoms with Gasteiger partial charge in [0.25, 0.3) is 0 Å². The predicted molar refractivity (Wildman–Crippen MR) is 129 cm³/mol. The number of hydrogen-bond donors (Lipinski definition) is 0. The Morgan fingerprint density at radius 2 is 1.97 bits per heavy atom. The lowest BCUT2D eigenvalue weighted by molar-refractivity contribution is -0.135. The fourth-order valence-corrected chi connectivity index (χ4v) is 5.44. The topological polar surface area (TPSA) is 90.6 Å². The van der Waals surface area contributed by atoms with Crippen LogP contribution in [0.15, 0.2) is 47.0 Å². The first-order valence-corrected chi connectivity index (χ1v) is 12.2. The van der Waals surface area contributed by atoms with Crippen LogP contribution >= 0.6 is 11.3 Å². The lowest BCUT2D eigenvalue weighted by atomic mass is 10.0. The number of piperidine rings is 1. The van der Waals surface area contributed by atoms with Crippen molar-refractivity contribution in [2.24, 2.45) is 0 Å². The van der Waals surface area contributed by atoms with Gasteiger partial charge in [-0.25, -0.2) is 4.98 Å². The largest absolute Gasteiger partial charge is 0.493 e. The van der Waals surface area contributed by atoms with E-state index in [0.29, 0.717) is 36.1 Å². The highest BCUT2D eigenvalue weighted by atomic mass is 32.1. The third kappa shape index (κ3) is 4.48. The third-order valence-electron chi connectivity index (χ3n) is 6.08. The Kier molecular flexibility index (Phi) is 6.44. The molecule has 0 N–H and O–H groups in total. The van der Waals surface area contributed by atoms with E-state index in [-0.39, 0.29) is 11.9 Å². The molecule has 0 saturated carbocycles. The molecular weight excluding hydrogens is 452 g/mol. The number of fused-ring (bicyclic) bond motifs is 1. The highest BCUT2D eigenvalue weighted by molar-refractivity contribution is 7.18. The molecule has 4 aromatic rings. The van der Waals surface area contributed by atoms with Crippen LogP contribution in [0.5, 0.6) is 11.5 Å². The van der Waals surface area contributed by atoms with Crippen LogP contribution in [0.3, 0.4) is 0 Å². The van der Waals surface area contributed by atoms with E-state index >= 15 is 0 Å². The van der Waals surface area contributed by atoms with E-state index < -0.39 is 0 Å². The number of methoxy groups -OCH3 is 2. The summed E-state index contributed by atoms with van der Waals surface area (Å²) in [5, 5.41) is 5.10. The van der Waals surface area contributed by atoms with Gasteiger partial charge in [-0.3, -0.25) is 4.79 Å². The summed E-state index contributed by atoms with van der Waals surface area (Å²) in [5.41, 5.74) is 1.75. The zero-order valence-corrected chi connectivity index (χ0v) is 20.0. The Morgan fingerprint density at radius 3 is 2.79 bits per heavy atom. The lowest BCUT2D eigenvalue weighted by Gasteiger charge is -2.34. The van der Waals surface area contributed by atoms with Gasteiger partial charge in [0.15, 0.2) is 11.5 Å². The Bertz CT molecular complexity index is 1270. The van der Waals surface area contributed by atoms with Gasteiger partial charge >= 0.3 is 0 Å². The quantitative estimate of drug-likeness (QED) is 0.367. The molecule has 0 radical (unpaired) electrons. The molecule has 1 atom stereocenters. The van der Waals surface area contributed by atoms with Crippen LogP contribution in [0.2, 0.25) is 0 Å². The molecule has 34 heavy (non-hydrogen) atoms. The zero-order chi connectivity index (χ0) is 23.5. The molecule has 0 bridgehead atoms. The molecule has 2 aromatic carbocycles. The van der Waals surface area contributed by atoms with Crippen molar-refractivity contribution in [3.8, 4) is 22.9 Å². The van der Waals surface area contributed by atoms with Crippen molar-refractivity contribution in [2.45, 2.75) is 38.1 Å². The van der Waals surface area contributed by atoms with E-state index in [0.717, 1.165) is 46.6 Å². The van der Waals surface area contributed by atoms with Crippen molar-refractivity contribution in [1.82, 2.24) is 20.0 Å². The average Bonchev–Trinajstić information content (AvgIpc) is 3.54. The van der Waals surface area contributed by atoms with Gasteiger partial charge in [-0.2, -0.15) is 4.98 Å². The summed E-state index contributed by atoms with van der Waals surface area (Å²) < 4.78 is 17.2. The highest BCUT2D eigenvalue weighted by Crippen LogP contribution is 2.36. The zero-order valence-electron chi connectivity index (χ0n) is 19.2. The summed E-state index contributed by atoms with van der Waals surface area (Å²) in [6.45, 7) is 0.750. The Hall–Kier alpha value is -3.46. The second kappa shape index (κ2) is 9.80. The summed E-state index contributed by atoms with van der Waals surface area (Å²) in [4.78, 5) is 24.5. The van der Waals surface area contributed by atoms with Gasteiger partial charge in [0.05, 0.1) is 30.5 Å². The molecule has 2 aromatic heterocycles. The molecule has 5 rings (SSSR count). The molecule has 1 amide bonds. The van der Waals surface area contributed by atoms with E-state index in [9.17, 15) is 4.79 Å². The van der Waals surface area contributed by atoms with Gasteiger partial charge in [0.1, 0.15) is 5.01 Å². The molecule has 1 saturated heterocycles. The van der Waals surface area contributed by atoms with E-state index in [1.807, 2.05) is 29.2 Å². The van der Waals surface area contributed by atoms with Crippen LogP contribution in [-0.4, -0.2) is 46.7 Å². The fraction of sp³-hybridized carbons (Fsp3) is 0.360. The van der Waals surface area contributed by atoms with Crippen molar-refractivity contribution in [1.29, 1.82) is 0 Å². The lowest BCUT2D eigenvalue weighted by Crippen LogP contribution is -2.38. The van der Waals surface area contributed by atoms with E-state index in [1.165, 1.54) is 0 Å². The Balaban J connectivity index is 1.27. The number of aromatic nitrogens is 3. The molecule has 0 unspecified atom stereocenters. The van der Waals surface area contributed by atoms with Gasteiger partial charge in [0.2, 0.25) is 17.6 Å². The minimum atomic E-state index is 0.0312. The second-order valence-electron chi connectivity index (χ2n) is 8.20. The maximum absolute atomic E-state index is 13.2. The highest BCUT2D eigenvalue weighted by Gasteiger charge is 2.30. The van der Waals surface area contributed by atoms with Crippen molar-refractivity contribution >= 4 is 27.5 Å². The number of carbonyl (C=O) groups is 1. The van der Waals surface area contributed by atoms with Crippen LogP contribution in [0.4, 0.5) is 0 Å². The van der Waals surface area contributed by atoms with Gasteiger partial charge in [-0.1, -0.05) is 17.3 Å². The van der Waals surface area contributed by atoms with Gasteiger partial charge in [0, 0.05) is 24.9 Å². The van der Waals surface area contributed by atoms with Crippen LogP contribution in [0, 0.1) is 0 Å². The molecular formula is C25H26N4O4S. The molecule has 176 valence electrons. The Labute approximate surface area is 201 Å². The number of likely N-dealkylation sites (tertiary alicyclic amines) is 1. The minimum Gasteiger partial charge on any atom is -0.493 e. The van der Waals surface area contributed by atoms with E-state index in [4.69, 9.17) is 19.0 Å². The number of ether oxygens (including phenoxy) is 2. The van der Waals surface area contributed by atoms with Crippen molar-refractivity contribution in [3.63, 3.8) is 0 Å². The monoisotopic (exact) mass is 478 g/mol. The molecule has 9 heteroatoms. The number of hydrogen-bond acceptors (Lipinski definition) is 8. The van der Waals surface area contributed by atoms with Gasteiger partial charge in [-0.15, -0.1) is 11.3 Å². The number of para-hydroxylation sites is 1. The molecule has 1 fully saturated rings. The van der Waals surface area contributed by atoms with Gasteiger partial charge in [-0.05, 0) is 49.6 Å². The predicted octanol–water partition coefficient (Wildman–Crippen LogP) is 5.05. The van der Waals surface area contributed by atoms with Crippen LogP contribution in [0.25, 0.3) is 21.6 Å². The second-order valence-corrected chi connectivity index (χ2v) is 9.26. The number of nitrogens with zero attached hydrogens (tertiary/aromatic N) is 4. The Morgan fingerprint density at radius 1 is 1.12 bits per heavy atom. The standard InChI is InChI=1S/C25H26N4O4S/c1-31-19-11-10-16(15-20(19)32-2)24-27-22(33-28-24)12-13-23(30)29-14-6-5-8-18(29)25-26-17-7-3-4-9-21(17)34-25/h3-4,7,9-11,15,18H,5-6,8,12-14H2,1-2H3/t18-/m0/s1. The first-order chi connectivity index (χ1) is 16.7. The summed E-state index contributed by atoms with van der Waals surface area (Å²) >= 11 is 1.68. The third-order valence-corrected chi connectivity index (χ3v) is 7.22. The average molecular weight is 479 g/mol. The molecule has 0 aliphatic carbocycles. The summed E-state index contributed by atoms with van der Waals surface area (Å²) in [7, 11) is 3.17. The molecule has 8 nitrogen and oxygen atoms in total. The summed E-state index contributed by atoms with van der Waals surface area (Å²) in [5.74, 6) is 2.20. The van der Waals surface area contributed by atoms with Crippen LogP contribution in [-0.2, 0) is 11.2 Å². The number of thiazole rings is 1. The smallest absolute Gasteiger partial charge is 0.227 e. The van der Waals surface area contributed by atoms with E-state index in [1.54, 1.807) is 37.7 Å². The molecule has 3 heterocycles. The van der Waals surface area contributed by atoms with Crippen LogP contribution in [0.1, 0.15) is 42.6 Å². The molecule has 0 spiro atoms. The summed E-state index contributed by atoms with van der Waals surface area (Å²) in [6, 6.07) is 13.6. The number of carbonyl (C=O) groups excluding carboxylic acids is 1. The number of rotatable bonds is 7. The molecule has 1 aliphatic rings. The number of benzene rings is 2. The normalized spacial score (nSPS) is 16.1. The first-order valence-electron chi connectivity index (χ1n) is 11.4. The minimum absolute atomic E-state index is 0.0312. The maximum Gasteiger partial charge on any atom is 0.227 e. The fourth-order valence-electron chi connectivity index (χ4n) is 4.33. The van der Waals surface area contributed by atoms with Crippen molar-refractivity contribution < 1.29 is 18.8 Å². The SMILES string of the molecule is COc1ccc(-c2noc(CCC(=O)N3CCCC[C@H]3c3nc4ccccc4s3)n2)cc1OC. The number of aryl methyl sites for hydroxylation is 1. The van der Waals surface area contributed by atoms with Crippen LogP contribution < -0.4 is 9.47 Å². The van der Waals surface area contributed by atoms with E-state index in [2.05, 4.69) is 16.2 Å². The molecule has 1 aliphatic heterocycles. The first kappa shape index (κ1) is 22.3. The summed E-state index contributed by atoms with van der Waals surface area (Å²) in [6.07, 6.45) is 3.76.